The zero-order chi connectivity index (χ0) is 31.0. The van der Waals surface area contributed by atoms with E-state index >= 15 is 0 Å². The van der Waals surface area contributed by atoms with E-state index in [9.17, 15) is 14.5 Å². The number of carbonyl (C=O) groups excluding carboxylic acids is 1. The van der Waals surface area contributed by atoms with Gasteiger partial charge in [-0.05, 0) is 24.2 Å². The largest absolute Gasteiger partial charge is 0.460 e. The van der Waals surface area contributed by atoms with Crippen molar-refractivity contribution >= 4 is 27.1 Å². The van der Waals surface area contributed by atoms with E-state index < -0.39 is 31.7 Å². The zero-order valence-corrected chi connectivity index (χ0v) is 29.3. The molecule has 0 aromatic heterocycles. The lowest BCUT2D eigenvalue weighted by atomic mass is 9.91. The monoisotopic (exact) mass is 620 g/mol. The van der Waals surface area contributed by atoms with E-state index in [1.807, 2.05) is 27.7 Å². The van der Waals surface area contributed by atoms with Gasteiger partial charge in [-0.25, -0.2) is 4.79 Å². The highest BCUT2D eigenvalue weighted by atomic mass is 32.1. The molecular formula is C33H65O6PS. The van der Waals surface area contributed by atoms with Gasteiger partial charge in [0.25, 0.3) is 0 Å². The summed E-state index contributed by atoms with van der Waals surface area (Å²) < 4.78 is 28.4. The van der Waals surface area contributed by atoms with Gasteiger partial charge in [0.1, 0.15) is 5.44 Å². The number of unbranched alkanes of at least 4 members (excludes halogenated alkanes) is 14. The summed E-state index contributed by atoms with van der Waals surface area (Å²) in [6.45, 7) is 12.1. The van der Waals surface area contributed by atoms with Crippen LogP contribution < -0.4 is 0 Å². The Morgan fingerprint density at radius 3 is 1.61 bits per heavy atom. The Kier molecular flexibility index (Phi) is 25.0. The molecule has 0 bridgehead atoms. The molecule has 1 N–H and O–H groups in total. The van der Waals surface area contributed by atoms with Crippen molar-refractivity contribution in [3.63, 3.8) is 0 Å². The maximum atomic E-state index is 12.5. The topological polar surface area (TPSA) is 82.1 Å². The summed E-state index contributed by atoms with van der Waals surface area (Å²) in [6.07, 6.45) is 23.5. The summed E-state index contributed by atoms with van der Waals surface area (Å²) in [7, 11) is -0.886. The average molecular weight is 621 g/mol. The molecule has 0 saturated heterocycles. The first-order valence-electron chi connectivity index (χ1n) is 16.8. The number of thiol groups is 1. The Hall–Kier alpha value is -0.200. The molecule has 6 nitrogen and oxygen atoms in total. The lowest BCUT2D eigenvalue weighted by Crippen LogP contribution is -2.42. The fourth-order valence-electron chi connectivity index (χ4n) is 4.90. The standard InChI is InChI=1S/C33H65O6PS/c1-7-10-12-14-15-16-17-18-19-21-23-25-28(24-22-20-13-11-8-2)26-30(41)38-29(9-3)39-33(35,40-36)31(34)37-27-32(4,5)6/h28-30,35,41H,7-27H2,1-6H3. The van der Waals surface area contributed by atoms with Crippen LogP contribution in [-0.4, -0.2) is 34.9 Å². The van der Waals surface area contributed by atoms with Crippen LogP contribution in [0.3, 0.4) is 0 Å². The van der Waals surface area contributed by atoms with Gasteiger partial charge < -0.3 is 19.3 Å². The first kappa shape index (κ1) is 40.8. The van der Waals surface area contributed by atoms with E-state index in [0.29, 0.717) is 12.3 Å². The fraction of sp³-hybridized carbons (Fsp3) is 0.970. The number of aliphatic hydroxyl groups is 1. The van der Waals surface area contributed by atoms with Gasteiger partial charge in [-0.1, -0.05) is 157 Å². The minimum absolute atomic E-state index is 0.0683. The average Bonchev–Trinajstić information content (AvgIpc) is 2.93. The van der Waals surface area contributed by atoms with Crippen molar-refractivity contribution in [1.29, 1.82) is 0 Å². The molecule has 0 aliphatic carbocycles. The number of ether oxygens (including phenoxy) is 3. The van der Waals surface area contributed by atoms with Crippen LogP contribution in [0, 0.1) is 11.3 Å². The minimum Gasteiger partial charge on any atom is -0.460 e. The van der Waals surface area contributed by atoms with E-state index in [0.717, 1.165) is 19.3 Å². The summed E-state index contributed by atoms with van der Waals surface area (Å²) in [5.41, 5.74) is -3.31. The van der Waals surface area contributed by atoms with E-state index in [4.69, 9.17) is 26.8 Å². The summed E-state index contributed by atoms with van der Waals surface area (Å²) in [5.74, 6) is -0.577. The second kappa shape index (κ2) is 25.2. The van der Waals surface area contributed by atoms with Crippen LogP contribution in [0.15, 0.2) is 0 Å². The molecule has 8 heteroatoms. The van der Waals surface area contributed by atoms with Gasteiger partial charge in [0.15, 0.2) is 6.29 Å². The van der Waals surface area contributed by atoms with Crippen LogP contribution in [0.2, 0.25) is 0 Å². The van der Waals surface area contributed by atoms with Gasteiger partial charge in [-0.15, -0.1) is 12.6 Å². The Morgan fingerprint density at radius 2 is 1.22 bits per heavy atom. The SMILES string of the molecule is CCCCCCCCCCCCCC(CCCCCCC)CC(S)OC(CC)OC(O)(P=O)C(=O)OCC(C)(C)C. The Bertz CT molecular complexity index is 644. The quantitative estimate of drug-likeness (QED) is 0.0298. The molecular weight excluding hydrogens is 555 g/mol. The molecule has 0 amide bonds. The number of esters is 1. The molecule has 0 heterocycles. The van der Waals surface area contributed by atoms with E-state index in [-0.39, 0.29) is 12.0 Å². The predicted molar refractivity (Wildman–Crippen MR) is 175 cm³/mol. The fourth-order valence-corrected chi connectivity index (χ4v) is 5.64. The molecule has 4 unspecified atom stereocenters. The van der Waals surface area contributed by atoms with Gasteiger partial charge in [-0.3, -0.25) is 4.57 Å². The molecule has 4 atom stereocenters. The maximum absolute atomic E-state index is 12.5. The Morgan fingerprint density at radius 1 is 0.780 bits per heavy atom. The molecule has 0 aliphatic rings. The van der Waals surface area contributed by atoms with Crippen LogP contribution in [0.25, 0.3) is 0 Å². The van der Waals surface area contributed by atoms with E-state index in [2.05, 4.69) is 13.8 Å². The van der Waals surface area contributed by atoms with Gasteiger partial charge in [0.2, 0.25) is 8.46 Å². The predicted octanol–water partition coefficient (Wildman–Crippen LogP) is 10.6. The molecule has 0 radical (unpaired) electrons. The third-order valence-electron chi connectivity index (χ3n) is 7.43. The van der Waals surface area contributed by atoms with Crippen molar-refractivity contribution in [3.05, 3.63) is 0 Å². The minimum atomic E-state index is -2.60. The second-order valence-corrected chi connectivity index (χ2v) is 14.4. The van der Waals surface area contributed by atoms with Crippen molar-refractivity contribution in [2.45, 2.75) is 187 Å². The Balaban J connectivity index is 4.73. The molecule has 0 rings (SSSR count). The highest BCUT2D eigenvalue weighted by molar-refractivity contribution is 7.80. The molecule has 41 heavy (non-hydrogen) atoms. The normalized spacial score (nSPS) is 15.9. The highest BCUT2D eigenvalue weighted by Gasteiger charge is 2.44. The first-order chi connectivity index (χ1) is 19.5. The number of hydrogen-bond donors (Lipinski definition) is 2. The third kappa shape index (κ3) is 22.9. The molecule has 0 spiro atoms. The molecule has 0 saturated carbocycles. The smallest absolute Gasteiger partial charge is 0.379 e. The summed E-state index contributed by atoms with van der Waals surface area (Å²) >= 11 is 4.70. The lowest BCUT2D eigenvalue weighted by molar-refractivity contribution is -0.259. The summed E-state index contributed by atoms with van der Waals surface area (Å²) in [6, 6.07) is 0. The number of rotatable bonds is 28. The van der Waals surface area contributed by atoms with Crippen molar-refractivity contribution in [3.8, 4) is 0 Å². The molecule has 0 fully saturated rings. The van der Waals surface area contributed by atoms with Crippen LogP contribution in [0.5, 0.6) is 0 Å². The lowest BCUT2D eigenvalue weighted by Gasteiger charge is -2.29. The maximum Gasteiger partial charge on any atom is 0.379 e. The summed E-state index contributed by atoms with van der Waals surface area (Å²) in [4.78, 5) is 12.5. The van der Waals surface area contributed by atoms with E-state index in [1.54, 1.807) is 0 Å². The highest BCUT2D eigenvalue weighted by Crippen LogP contribution is 2.30. The number of carbonyl (C=O) groups is 1. The molecule has 0 aliphatic heterocycles. The zero-order valence-electron chi connectivity index (χ0n) is 27.5. The number of hydrogen-bond acceptors (Lipinski definition) is 7. The van der Waals surface area contributed by atoms with Crippen LogP contribution in [0.1, 0.15) is 170 Å². The van der Waals surface area contributed by atoms with Crippen molar-refractivity contribution in [2.24, 2.45) is 11.3 Å². The third-order valence-corrected chi connectivity index (χ3v) is 8.30. The van der Waals surface area contributed by atoms with Gasteiger partial charge in [-0.2, -0.15) is 0 Å². The molecule has 0 aromatic carbocycles. The molecule has 0 aromatic rings. The molecule has 244 valence electrons. The van der Waals surface area contributed by atoms with Crippen molar-refractivity contribution < 1.29 is 28.7 Å². The van der Waals surface area contributed by atoms with Gasteiger partial charge in [0, 0.05) is 0 Å². The second-order valence-electron chi connectivity index (χ2n) is 13.0. The van der Waals surface area contributed by atoms with Crippen LogP contribution in [0.4, 0.5) is 0 Å². The van der Waals surface area contributed by atoms with E-state index in [1.165, 1.54) is 103 Å². The summed E-state index contributed by atoms with van der Waals surface area (Å²) in [5, 5.41) is 10.6. The van der Waals surface area contributed by atoms with Gasteiger partial charge >= 0.3 is 11.5 Å². The van der Waals surface area contributed by atoms with Crippen LogP contribution >= 0.6 is 21.1 Å². The first-order valence-corrected chi connectivity index (χ1v) is 18.1. The van der Waals surface area contributed by atoms with Gasteiger partial charge in [0.05, 0.1) is 6.61 Å². The van der Waals surface area contributed by atoms with Crippen molar-refractivity contribution in [1.82, 2.24) is 0 Å². The Labute approximate surface area is 260 Å². The van der Waals surface area contributed by atoms with Crippen LogP contribution in [-0.2, 0) is 23.6 Å². The van der Waals surface area contributed by atoms with Crippen molar-refractivity contribution in [2.75, 3.05) is 6.61 Å².